The lowest BCUT2D eigenvalue weighted by Gasteiger charge is -2.37. The van der Waals surface area contributed by atoms with E-state index in [1.54, 1.807) is 0 Å². The monoisotopic (exact) mass is 459 g/mol. The third-order valence-corrected chi connectivity index (χ3v) is 7.58. The van der Waals surface area contributed by atoms with Crippen LogP contribution >= 0.6 is 11.6 Å². The van der Waals surface area contributed by atoms with Gasteiger partial charge in [0.05, 0.1) is 4.92 Å². The highest BCUT2D eigenvalue weighted by atomic mass is 35.5. The number of nitro benzene ring substituents is 1. The maximum atomic E-state index is 12.7. The van der Waals surface area contributed by atoms with Crippen molar-refractivity contribution in [2.45, 2.75) is 35.7 Å². The standard InChI is InChI=1S/C17H18ClN3O8S/c18-17(8-12-7-13(22)20(12)14(17)15(23)24)30(28)6-5-19-16(25)29-9-10-1-3-11(4-2-10)21(26)27/h1-4,12,14H,5-9H2,(H,19,25)(H,23,24). The fraction of sp³-hybridized carbons (Fsp3) is 0.471. The van der Waals surface area contributed by atoms with E-state index in [2.05, 4.69) is 5.32 Å². The van der Waals surface area contributed by atoms with Crippen molar-refractivity contribution < 1.29 is 33.4 Å². The second kappa shape index (κ2) is 8.56. The number of hydrogen-bond donors (Lipinski definition) is 2. The first-order valence-electron chi connectivity index (χ1n) is 8.89. The molecule has 1 aromatic rings. The van der Waals surface area contributed by atoms with E-state index in [9.17, 15) is 33.8 Å². The van der Waals surface area contributed by atoms with Crippen molar-refractivity contribution in [3.05, 3.63) is 39.9 Å². The highest BCUT2D eigenvalue weighted by molar-refractivity contribution is 7.88. The van der Waals surface area contributed by atoms with Gasteiger partial charge >= 0.3 is 12.1 Å². The molecule has 2 amide bonds. The van der Waals surface area contributed by atoms with Crippen LogP contribution in [-0.4, -0.2) is 65.7 Å². The van der Waals surface area contributed by atoms with Gasteiger partial charge in [-0.25, -0.2) is 9.59 Å². The lowest BCUT2D eigenvalue weighted by molar-refractivity contribution is -0.384. The van der Waals surface area contributed by atoms with Gasteiger partial charge in [-0.3, -0.25) is 19.1 Å². The molecule has 2 N–H and O–H groups in total. The highest BCUT2D eigenvalue weighted by Gasteiger charge is 2.63. The van der Waals surface area contributed by atoms with Gasteiger partial charge in [0.25, 0.3) is 5.69 Å². The van der Waals surface area contributed by atoms with Crippen LogP contribution in [0.25, 0.3) is 0 Å². The van der Waals surface area contributed by atoms with E-state index in [-0.39, 0.29) is 49.4 Å². The Morgan fingerprint density at radius 1 is 1.40 bits per heavy atom. The van der Waals surface area contributed by atoms with Crippen molar-refractivity contribution in [1.29, 1.82) is 0 Å². The number of benzene rings is 1. The minimum Gasteiger partial charge on any atom is -0.480 e. The fourth-order valence-corrected chi connectivity index (χ4v) is 5.59. The molecule has 0 spiro atoms. The number of hydrogen-bond acceptors (Lipinski definition) is 7. The van der Waals surface area contributed by atoms with E-state index in [0.717, 1.165) is 0 Å². The number of ether oxygens (including phenoxy) is 1. The summed E-state index contributed by atoms with van der Waals surface area (Å²) >= 11 is 6.40. The summed E-state index contributed by atoms with van der Waals surface area (Å²) in [7, 11) is -1.83. The van der Waals surface area contributed by atoms with Crippen LogP contribution < -0.4 is 5.32 Å². The number of rotatable bonds is 8. The summed E-state index contributed by atoms with van der Waals surface area (Å²) in [6, 6.07) is 3.77. The number of β-lactam (4-membered cyclic amide) rings is 1. The minimum absolute atomic E-state index is 0.0782. The van der Waals surface area contributed by atoms with Gasteiger partial charge in [-0.1, -0.05) is 0 Å². The molecule has 162 valence electrons. The average Bonchev–Trinajstić information content (AvgIpc) is 2.95. The van der Waals surface area contributed by atoms with E-state index in [1.165, 1.54) is 29.2 Å². The van der Waals surface area contributed by atoms with Gasteiger partial charge in [-0.15, -0.1) is 11.6 Å². The van der Waals surface area contributed by atoms with Crippen molar-refractivity contribution in [2.75, 3.05) is 12.3 Å². The molecule has 0 aromatic heterocycles. The molecule has 1 aromatic carbocycles. The highest BCUT2D eigenvalue weighted by Crippen LogP contribution is 2.47. The molecule has 2 aliphatic rings. The predicted octanol–water partition coefficient (Wildman–Crippen LogP) is 0.963. The molecule has 2 heterocycles. The molecular weight excluding hydrogens is 442 g/mol. The number of halogens is 1. The molecule has 11 nitrogen and oxygen atoms in total. The molecule has 0 saturated carbocycles. The summed E-state index contributed by atoms with van der Waals surface area (Å²) in [5, 5.41) is 22.4. The first-order chi connectivity index (χ1) is 14.1. The minimum atomic E-state index is -1.83. The molecule has 4 unspecified atom stereocenters. The van der Waals surface area contributed by atoms with E-state index < -0.39 is 38.0 Å². The zero-order valence-electron chi connectivity index (χ0n) is 15.5. The number of carboxylic acid groups (broad SMARTS) is 1. The van der Waals surface area contributed by atoms with Crippen molar-refractivity contribution in [2.24, 2.45) is 0 Å². The summed E-state index contributed by atoms with van der Waals surface area (Å²) in [5.41, 5.74) is 0.460. The normalized spacial score (nSPS) is 25.8. The number of nitro groups is 1. The van der Waals surface area contributed by atoms with Gasteiger partial charge in [0.15, 0.2) is 10.2 Å². The van der Waals surface area contributed by atoms with Gasteiger partial charge in [0, 0.05) is 54.1 Å². The third-order valence-electron chi connectivity index (χ3n) is 4.98. The Morgan fingerprint density at radius 2 is 2.07 bits per heavy atom. The number of carbonyl (C=O) groups excluding carboxylic acids is 2. The first kappa shape index (κ1) is 22.0. The molecule has 2 aliphatic heterocycles. The Bertz CT molecular complexity index is 911. The molecule has 0 bridgehead atoms. The third kappa shape index (κ3) is 4.24. The zero-order valence-corrected chi connectivity index (χ0v) is 17.1. The number of alkyl halides is 1. The SMILES string of the molecule is O=C(NCCS(=O)C1(Cl)CC2CC(=O)N2C1C(=O)O)OCc1ccc([N+](=O)[O-])cc1. The maximum Gasteiger partial charge on any atom is 0.407 e. The van der Waals surface area contributed by atoms with Crippen LogP contribution in [0.2, 0.25) is 0 Å². The molecule has 0 radical (unpaired) electrons. The molecule has 30 heavy (non-hydrogen) atoms. The zero-order chi connectivity index (χ0) is 22.1. The van der Waals surface area contributed by atoms with Gasteiger partial charge < -0.3 is 20.1 Å². The smallest absolute Gasteiger partial charge is 0.407 e. The van der Waals surface area contributed by atoms with E-state index >= 15 is 0 Å². The van der Waals surface area contributed by atoms with Crippen molar-refractivity contribution in [3.8, 4) is 0 Å². The Balaban J connectivity index is 1.47. The average molecular weight is 460 g/mol. The van der Waals surface area contributed by atoms with Crippen LogP contribution in [-0.2, 0) is 31.7 Å². The van der Waals surface area contributed by atoms with E-state index in [0.29, 0.717) is 5.56 Å². The van der Waals surface area contributed by atoms with Gasteiger partial charge in [0.2, 0.25) is 5.91 Å². The molecule has 3 rings (SSSR count). The summed E-state index contributed by atoms with van der Waals surface area (Å²) in [5.74, 6) is -1.77. The number of aliphatic carboxylic acids is 1. The summed E-state index contributed by atoms with van der Waals surface area (Å²) in [6.07, 6.45) is -0.508. The summed E-state index contributed by atoms with van der Waals surface area (Å²) in [4.78, 5) is 46.3. The Kier molecular flexibility index (Phi) is 6.27. The van der Waals surface area contributed by atoms with E-state index in [1.807, 2.05) is 0 Å². The van der Waals surface area contributed by atoms with Crippen LogP contribution in [0.3, 0.4) is 0 Å². The van der Waals surface area contributed by atoms with E-state index in [4.69, 9.17) is 16.3 Å². The number of fused-ring (bicyclic) bond motifs is 1. The number of carbonyl (C=O) groups is 3. The van der Waals surface area contributed by atoms with Gasteiger partial charge in [-0.05, 0) is 17.7 Å². The fourth-order valence-electron chi connectivity index (χ4n) is 3.51. The number of alkyl carbamates (subject to hydrolysis) is 1. The number of non-ortho nitro benzene ring substituents is 1. The molecule has 0 aliphatic carbocycles. The quantitative estimate of drug-likeness (QED) is 0.252. The Morgan fingerprint density at radius 3 is 2.63 bits per heavy atom. The van der Waals surface area contributed by atoms with Crippen LogP contribution in [0.4, 0.5) is 10.5 Å². The number of carboxylic acids is 1. The topological polar surface area (TPSA) is 156 Å². The maximum absolute atomic E-state index is 12.7. The largest absolute Gasteiger partial charge is 0.480 e. The molecule has 2 saturated heterocycles. The second-order valence-electron chi connectivity index (χ2n) is 6.87. The molecule has 13 heteroatoms. The Hall–Kier alpha value is -2.73. The summed E-state index contributed by atoms with van der Waals surface area (Å²) in [6.45, 7) is -0.197. The summed E-state index contributed by atoms with van der Waals surface area (Å²) < 4.78 is 16.0. The van der Waals surface area contributed by atoms with Gasteiger partial charge in [-0.2, -0.15) is 0 Å². The number of nitrogens with one attached hydrogen (secondary N) is 1. The lowest BCUT2D eigenvalue weighted by Crippen LogP contribution is -2.57. The molecule has 4 atom stereocenters. The van der Waals surface area contributed by atoms with Gasteiger partial charge in [0.1, 0.15) is 6.61 Å². The number of nitrogens with zero attached hydrogens (tertiary/aromatic N) is 2. The van der Waals surface area contributed by atoms with Crippen LogP contribution in [0.5, 0.6) is 0 Å². The second-order valence-corrected chi connectivity index (χ2v) is 9.59. The van der Waals surface area contributed by atoms with Crippen molar-refractivity contribution in [3.63, 3.8) is 0 Å². The van der Waals surface area contributed by atoms with Crippen molar-refractivity contribution in [1.82, 2.24) is 10.2 Å². The predicted molar refractivity (Wildman–Crippen MR) is 104 cm³/mol. The van der Waals surface area contributed by atoms with Crippen LogP contribution in [0.1, 0.15) is 18.4 Å². The lowest BCUT2D eigenvalue weighted by atomic mass is 10.0. The number of amides is 2. The van der Waals surface area contributed by atoms with Crippen LogP contribution in [0.15, 0.2) is 24.3 Å². The molecule has 2 fully saturated rings. The van der Waals surface area contributed by atoms with Crippen molar-refractivity contribution >= 4 is 46.1 Å². The molecular formula is C17H18ClN3O8S. The Labute approximate surface area is 177 Å². The van der Waals surface area contributed by atoms with Crippen LogP contribution in [0, 0.1) is 10.1 Å². The first-order valence-corrected chi connectivity index (χ1v) is 10.6.